The predicted molar refractivity (Wildman–Crippen MR) is 87.3 cm³/mol. The average molecular weight is 320 g/mol. The van der Waals surface area contributed by atoms with E-state index in [1.54, 1.807) is 17.2 Å². The minimum atomic E-state index is -0.981. The van der Waals surface area contributed by atoms with Crippen molar-refractivity contribution in [2.75, 3.05) is 6.54 Å². The normalized spacial score (nSPS) is 27.1. The standard InChI is InChI=1S/C14H20N2O2.C3H4O2/c1-3-10-6-5-7-12(15-13(10)17)11-8-9-16(4-2)14(11)18;1-2-3(4)5/h3-4,10-12H,1-2,5-9H2,(H,15,17);2H,1H2,(H,4,5). The topological polar surface area (TPSA) is 86.7 Å². The number of likely N-dealkylation sites (tertiary alicyclic amines) is 1. The summed E-state index contributed by atoms with van der Waals surface area (Å²) in [5.74, 6) is -1.08. The first-order valence-electron chi connectivity index (χ1n) is 7.65. The van der Waals surface area contributed by atoms with Crippen LogP contribution >= 0.6 is 0 Å². The summed E-state index contributed by atoms with van der Waals surface area (Å²) in [4.78, 5) is 34.9. The highest BCUT2D eigenvalue weighted by Gasteiger charge is 2.38. The molecular weight excluding hydrogens is 296 g/mol. The average Bonchev–Trinajstić information content (AvgIpc) is 2.80. The molecule has 126 valence electrons. The molecule has 0 aromatic carbocycles. The minimum Gasteiger partial charge on any atom is -0.478 e. The molecule has 2 heterocycles. The van der Waals surface area contributed by atoms with Crippen LogP contribution in [0.1, 0.15) is 25.7 Å². The van der Waals surface area contributed by atoms with E-state index in [2.05, 4.69) is 25.1 Å². The Bertz CT molecular complexity index is 501. The van der Waals surface area contributed by atoms with Crippen LogP contribution in [0.5, 0.6) is 0 Å². The molecule has 2 N–H and O–H groups in total. The second-order valence-electron chi connectivity index (χ2n) is 5.54. The van der Waals surface area contributed by atoms with Crippen molar-refractivity contribution in [3.8, 4) is 0 Å². The van der Waals surface area contributed by atoms with E-state index < -0.39 is 5.97 Å². The first-order chi connectivity index (χ1) is 10.9. The van der Waals surface area contributed by atoms with Crippen molar-refractivity contribution in [2.45, 2.75) is 31.7 Å². The van der Waals surface area contributed by atoms with Gasteiger partial charge in [-0.15, -0.1) is 6.58 Å². The molecule has 0 spiro atoms. The number of carbonyl (C=O) groups excluding carboxylic acids is 2. The van der Waals surface area contributed by atoms with Crippen LogP contribution in [0.3, 0.4) is 0 Å². The number of aliphatic carboxylic acids is 1. The monoisotopic (exact) mass is 320 g/mol. The van der Waals surface area contributed by atoms with E-state index in [0.29, 0.717) is 6.54 Å². The molecular formula is C17H24N2O4. The third-order valence-electron chi connectivity index (χ3n) is 4.14. The van der Waals surface area contributed by atoms with E-state index in [1.165, 1.54) is 0 Å². The van der Waals surface area contributed by atoms with Gasteiger partial charge in [-0.2, -0.15) is 0 Å². The molecule has 2 amide bonds. The first kappa shape index (κ1) is 18.7. The third kappa shape index (κ3) is 5.09. The van der Waals surface area contributed by atoms with Crippen LogP contribution in [0.25, 0.3) is 0 Å². The molecule has 6 nitrogen and oxygen atoms in total. The van der Waals surface area contributed by atoms with Crippen LogP contribution in [0.4, 0.5) is 0 Å². The van der Waals surface area contributed by atoms with E-state index in [4.69, 9.17) is 5.11 Å². The quantitative estimate of drug-likeness (QED) is 0.610. The molecule has 3 atom stereocenters. The molecule has 2 fully saturated rings. The van der Waals surface area contributed by atoms with Crippen molar-refractivity contribution >= 4 is 17.8 Å². The highest BCUT2D eigenvalue weighted by atomic mass is 16.4. The molecule has 2 aliphatic heterocycles. The maximum atomic E-state index is 12.1. The minimum absolute atomic E-state index is 0.0114. The highest BCUT2D eigenvalue weighted by Crippen LogP contribution is 2.27. The van der Waals surface area contributed by atoms with E-state index in [9.17, 15) is 14.4 Å². The highest BCUT2D eigenvalue weighted by molar-refractivity contribution is 5.85. The third-order valence-corrected chi connectivity index (χ3v) is 4.14. The summed E-state index contributed by atoms with van der Waals surface area (Å²) in [6.45, 7) is 11.0. The molecule has 0 aromatic heterocycles. The Morgan fingerprint density at radius 2 is 1.87 bits per heavy atom. The predicted octanol–water partition coefficient (Wildman–Crippen LogP) is 1.71. The summed E-state index contributed by atoms with van der Waals surface area (Å²) in [6, 6.07) is -0.0279. The lowest BCUT2D eigenvalue weighted by atomic mass is 9.94. The van der Waals surface area contributed by atoms with Gasteiger partial charge in [0.2, 0.25) is 11.8 Å². The van der Waals surface area contributed by atoms with Gasteiger partial charge in [0.15, 0.2) is 0 Å². The van der Waals surface area contributed by atoms with Gasteiger partial charge in [0.1, 0.15) is 0 Å². The van der Waals surface area contributed by atoms with Crippen LogP contribution < -0.4 is 5.32 Å². The molecule has 2 rings (SSSR count). The van der Waals surface area contributed by atoms with Gasteiger partial charge in [-0.25, -0.2) is 4.79 Å². The molecule has 0 aliphatic carbocycles. The van der Waals surface area contributed by atoms with Gasteiger partial charge >= 0.3 is 5.97 Å². The van der Waals surface area contributed by atoms with Crippen LogP contribution in [-0.2, 0) is 14.4 Å². The fraction of sp³-hybridized carbons (Fsp3) is 0.471. The molecule has 0 bridgehead atoms. The molecule has 2 saturated heterocycles. The van der Waals surface area contributed by atoms with E-state index in [1.807, 2.05) is 0 Å². The number of rotatable bonds is 4. The lowest BCUT2D eigenvalue weighted by Gasteiger charge is -2.22. The number of hydrogen-bond donors (Lipinski definition) is 2. The van der Waals surface area contributed by atoms with E-state index >= 15 is 0 Å². The first-order valence-corrected chi connectivity index (χ1v) is 7.65. The fourth-order valence-corrected chi connectivity index (χ4v) is 2.86. The zero-order chi connectivity index (χ0) is 17.4. The van der Waals surface area contributed by atoms with Crippen molar-refractivity contribution in [1.29, 1.82) is 0 Å². The number of nitrogens with one attached hydrogen (secondary N) is 1. The molecule has 23 heavy (non-hydrogen) atoms. The van der Waals surface area contributed by atoms with Gasteiger partial charge in [0, 0.05) is 18.7 Å². The Balaban J connectivity index is 0.000000463. The van der Waals surface area contributed by atoms with Gasteiger partial charge in [-0.05, 0) is 25.5 Å². The van der Waals surface area contributed by atoms with Crippen LogP contribution in [0.2, 0.25) is 0 Å². The molecule has 0 radical (unpaired) electrons. The summed E-state index contributed by atoms with van der Waals surface area (Å²) in [7, 11) is 0. The maximum absolute atomic E-state index is 12.1. The number of carboxylic acids is 1. The molecule has 0 saturated carbocycles. The van der Waals surface area contributed by atoms with Crippen molar-refractivity contribution in [1.82, 2.24) is 10.2 Å². The van der Waals surface area contributed by atoms with Crippen molar-refractivity contribution < 1.29 is 19.5 Å². The fourth-order valence-electron chi connectivity index (χ4n) is 2.86. The summed E-state index contributed by atoms with van der Waals surface area (Å²) in [5.41, 5.74) is 0. The zero-order valence-corrected chi connectivity index (χ0v) is 13.2. The summed E-state index contributed by atoms with van der Waals surface area (Å²) in [5, 5.41) is 10.6. The number of hydrogen-bond acceptors (Lipinski definition) is 3. The van der Waals surface area contributed by atoms with E-state index in [0.717, 1.165) is 31.8 Å². The van der Waals surface area contributed by atoms with Crippen LogP contribution in [0.15, 0.2) is 38.1 Å². The summed E-state index contributed by atoms with van der Waals surface area (Å²) < 4.78 is 0. The van der Waals surface area contributed by atoms with E-state index in [-0.39, 0.29) is 29.7 Å². The number of carboxylic acid groups (broad SMARTS) is 1. The molecule has 3 unspecified atom stereocenters. The van der Waals surface area contributed by atoms with Gasteiger partial charge in [-0.1, -0.05) is 25.7 Å². The molecule has 2 aliphatic rings. The largest absolute Gasteiger partial charge is 0.478 e. The summed E-state index contributed by atoms with van der Waals surface area (Å²) in [6.07, 6.45) is 7.57. The smallest absolute Gasteiger partial charge is 0.327 e. The van der Waals surface area contributed by atoms with Gasteiger partial charge < -0.3 is 15.3 Å². The Morgan fingerprint density at radius 1 is 1.22 bits per heavy atom. The van der Waals surface area contributed by atoms with Gasteiger partial charge in [0.25, 0.3) is 0 Å². The Hall–Kier alpha value is -2.37. The SMILES string of the molecule is C=CC(=O)O.C=CC1CCCC(C2CCN(C=C)C2=O)NC1=O. The lowest BCUT2D eigenvalue weighted by molar-refractivity contribution is -0.132. The zero-order valence-electron chi connectivity index (χ0n) is 13.2. The van der Waals surface area contributed by atoms with Crippen molar-refractivity contribution in [2.24, 2.45) is 11.8 Å². The Labute approximate surface area is 136 Å². The second-order valence-corrected chi connectivity index (χ2v) is 5.54. The van der Waals surface area contributed by atoms with Crippen LogP contribution in [-0.4, -0.2) is 40.4 Å². The number of carbonyl (C=O) groups is 3. The van der Waals surface area contributed by atoms with Crippen molar-refractivity contribution in [3.05, 3.63) is 38.1 Å². The van der Waals surface area contributed by atoms with Gasteiger partial charge in [0.05, 0.1) is 11.8 Å². The Kier molecular flexibility index (Phi) is 7.25. The lowest BCUT2D eigenvalue weighted by Crippen LogP contribution is -2.43. The Morgan fingerprint density at radius 3 is 2.35 bits per heavy atom. The van der Waals surface area contributed by atoms with Gasteiger partial charge in [-0.3, -0.25) is 9.59 Å². The molecule has 6 heteroatoms. The number of nitrogens with zero attached hydrogens (tertiary/aromatic N) is 1. The second kappa shape index (κ2) is 8.92. The van der Waals surface area contributed by atoms with Crippen molar-refractivity contribution in [3.63, 3.8) is 0 Å². The summed E-state index contributed by atoms with van der Waals surface area (Å²) >= 11 is 0. The van der Waals surface area contributed by atoms with Crippen LogP contribution in [0, 0.1) is 11.8 Å². The number of amides is 2. The maximum Gasteiger partial charge on any atom is 0.327 e. The molecule has 0 aromatic rings.